The van der Waals surface area contributed by atoms with E-state index in [1.165, 1.54) is 10.9 Å². The number of aryl methyl sites for hydroxylation is 2. The number of anilines is 2. The van der Waals surface area contributed by atoms with Crippen LogP contribution in [-0.4, -0.2) is 28.4 Å². The van der Waals surface area contributed by atoms with Gasteiger partial charge >= 0.3 is 0 Å². The van der Waals surface area contributed by atoms with Gasteiger partial charge in [-0.3, -0.25) is 14.5 Å². The first kappa shape index (κ1) is 12.4. The number of hydrogen-bond donors (Lipinski definition) is 3. The molecule has 0 unspecified atom stereocenters. The third-order valence-corrected chi connectivity index (χ3v) is 4.15. The van der Waals surface area contributed by atoms with E-state index in [0.717, 1.165) is 0 Å². The predicted octanol–water partition coefficient (Wildman–Crippen LogP) is 0.143. The molecule has 0 fully saturated rings. The molecule has 0 aliphatic carbocycles. The summed E-state index contributed by atoms with van der Waals surface area (Å²) < 4.78 is 28.2. The average Bonchev–Trinajstić information content (AvgIpc) is 2.73. The van der Waals surface area contributed by atoms with Gasteiger partial charge in [-0.05, 0) is 13.8 Å². The summed E-state index contributed by atoms with van der Waals surface area (Å²) >= 11 is 0. The van der Waals surface area contributed by atoms with E-state index in [-0.39, 0.29) is 10.7 Å². The summed E-state index contributed by atoms with van der Waals surface area (Å²) in [5, 5.41) is 10.2. The Morgan fingerprint density at radius 2 is 2.11 bits per heavy atom. The molecule has 2 aromatic rings. The van der Waals surface area contributed by atoms with Gasteiger partial charge < -0.3 is 5.73 Å². The zero-order chi connectivity index (χ0) is 13.5. The van der Waals surface area contributed by atoms with Crippen LogP contribution in [0.15, 0.2) is 11.1 Å². The lowest BCUT2D eigenvalue weighted by Crippen LogP contribution is -2.16. The molecule has 0 aliphatic heterocycles. The van der Waals surface area contributed by atoms with Gasteiger partial charge in [0.1, 0.15) is 5.82 Å². The lowest BCUT2D eigenvalue weighted by Gasteiger charge is -2.06. The van der Waals surface area contributed by atoms with Crippen molar-refractivity contribution in [2.75, 3.05) is 10.5 Å². The van der Waals surface area contributed by atoms with Crippen LogP contribution >= 0.6 is 0 Å². The molecule has 0 aromatic carbocycles. The Balaban J connectivity index is 2.46. The van der Waals surface area contributed by atoms with Crippen molar-refractivity contribution in [1.82, 2.24) is 20.0 Å². The van der Waals surface area contributed by atoms with Crippen molar-refractivity contribution in [3.63, 3.8) is 0 Å². The number of nitrogens with zero attached hydrogens (tertiary/aromatic N) is 3. The number of rotatable bonds is 3. The van der Waals surface area contributed by atoms with Crippen molar-refractivity contribution in [2.24, 2.45) is 7.05 Å². The van der Waals surface area contributed by atoms with Crippen molar-refractivity contribution < 1.29 is 8.42 Å². The van der Waals surface area contributed by atoms with Gasteiger partial charge in [0.15, 0.2) is 10.7 Å². The van der Waals surface area contributed by atoms with Gasteiger partial charge in [0.2, 0.25) is 0 Å². The second kappa shape index (κ2) is 4.02. The highest BCUT2D eigenvalue weighted by atomic mass is 32.2. The molecule has 0 radical (unpaired) electrons. The Labute approximate surface area is 104 Å². The van der Waals surface area contributed by atoms with E-state index < -0.39 is 10.0 Å². The summed E-state index contributed by atoms with van der Waals surface area (Å²) in [5.41, 5.74) is 6.78. The zero-order valence-electron chi connectivity index (χ0n) is 10.2. The summed E-state index contributed by atoms with van der Waals surface area (Å²) in [6, 6.07) is 0. The number of nitrogen functional groups attached to an aromatic ring is 1. The van der Waals surface area contributed by atoms with Gasteiger partial charge in [-0.1, -0.05) is 0 Å². The van der Waals surface area contributed by atoms with Crippen molar-refractivity contribution in [2.45, 2.75) is 18.7 Å². The van der Waals surface area contributed by atoms with E-state index in [4.69, 9.17) is 5.73 Å². The molecule has 2 heterocycles. The molecule has 0 spiro atoms. The van der Waals surface area contributed by atoms with E-state index in [2.05, 4.69) is 20.0 Å². The normalized spacial score (nSPS) is 11.7. The summed E-state index contributed by atoms with van der Waals surface area (Å²) in [7, 11) is -2.14. The van der Waals surface area contributed by atoms with Gasteiger partial charge in [0.05, 0.1) is 11.9 Å². The van der Waals surface area contributed by atoms with Crippen LogP contribution < -0.4 is 10.5 Å². The molecule has 0 amide bonds. The molecule has 0 saturated heterocycles. The van der Waals surface area contributed by atoms with Crippen LogP contribution in [0.1, 0.15) is 11.3 Å². The summed E-state index contributed by atoms with van der Waals surface area (Å²) in [5.74, 6) is 0.289. The number of nitrogens with two attached hydrogens (primary N) is 1. The fraction of sp³-hybridized carbons (Fsp3) is 0.333. The lowest BCUT2D eigenvalue weighted by molar-refractivity contribution is 0.600. The second-order valence-corrected chi connectivity index (χ2v) is 5.58. The molecular weight excluding hydrogens is 256 g/mol. The molecule has 0 aliphatic rings. The van der Waals surface area contributed by atoms with E-state index in [1.54, 1.807) is 20.9 Å². The average molecular weight is 270 g/mol. The highest BCUT2D eigenvalue weighted by Crippen LogP contribution is 2.24. The van der Waals surface area contributed by atoms with Crippen LogP contribution in [0, 0.1) is 13.8 Å². The van der Waals surface area contributed by atoms with Crippen molar-refractivity contribution >= 4 is 21.7 Å². The fourth-order valence-corrected chi connectivity index (χ4v) is 3.00. The summed E-state index contributed by atoms with van der Waals surface area (Å²) in [6.45, 7) is 3.37. The summed E-state index contributed by atoms with van der Waals surface area (Å²) in [6.07, 6.45) is 1.53. The molecule has 4 N–H and O–H groups in total. The Hall–Kier alpha value is -2.03. The quantitative estimate of drug-likeness (QED) is 0.733. The maximum atomic E-state index is 12.2. The van der Waals surface area contributed by atoms with Gasteiger partial charge in [0.25, 0.3) is 10.0 Å². The predicted molar refractivity (Wildman–Crippen MR) is 66.5 cm³/mol. The zero-order valence-corrected chi connectivity index (χ0v) is 11.0. The number of nitrogens with one attached hydrogen (secondary N) is 2. The molecule has 2 aromatic heterocycles. The van der Waals surface area contributed by atoms with Crippen LogP contribution in [0.25, 0.3) is 0 Å². The smallest absolute Gasteiger partial charge is 0.268 e. The highest BCUT2D eigenvalue weighted by Gasteiger charge is 2.25. The molecule has 18 heavy (non-hydrogen) atoms. The maximum Gasteiger partial charge on any atom is 0.268 e. The molecule has 0 bridgehead atoms. The highest BCUT2D eigenvalue weighted by molar-refractivity contribution is 7.93. The van der Waals surface area contributed by atoms with E-state index in [0.29, 0.717) is 17.1 Å². The van der Waals surface area contributed by atoms with Crippen LogP contribution in [0.4, 0.5) is 11.6 Å². The van der Waals surface area contributed by atoms with E-state index in [1.807, 2.05) is 0 Å². The van der Waals surface area contributed by atoms with E-state index in [9.17, 15) is 8.42 Å². The minimum atomic E-state index is -3.78. The Morgan fingerprint density at radius 3 is 2.56 bits per heavy atom. The molecular formula is C9H14N6O2S. The van der Waals surface area contributed by atoms with Gasteiger partial charge in [0, 0.05) is 12.6 Å². The fourth-order valence-electron chi connectivity index (χ4n) is 1.58. The van der Waals surface area contributed by atoms with Crippen LogP contribution in [0.5, 0.6) is 0 Å². The van der Waals surface area contributed by atoms with Crippen LogP contribution in [0.3, 0.4) is 0 Å². The SMILES string of the molecule is Cc1cn[nH]c1NS(=O)(=O)c1c(N)nn(C)c1C. The van der Waals surface area contributed by atoms with Crippen molar-refractivity contribution in [3.8, 4) is 0 Å². The van der Waals surface area contributed by atoms with Gasteiger partial charge in [-0.25, -0.2) is 8.42 Å². The lowest BCUT2D eigenvalue weighted by atomic mass is 10.4. The molecule has 98 valence electrons. The Morgan fingerprint density at radius 1 is 1.44 bits per heavy atom. The molecule has 2 rings (SSSR count). The Kier molecular flexibility index (Phi) is 2.77. The molecule has 9 heteroatoms. The third-order valence-electron chi connectivity index (χ3n) is 2.64. The number of H-pyrrole nitrogens is 1. The topological polar surface area (TPSA) is 119 Å². The number of sulfonamides is 1. The molecule has 8 nitrogen and oxygen atoms in total. The third kappa shape index (κ3) is 1.92. The van der Waals surface area contributed by atoms with Crippen LogP contribution in [0.2, 0.25) is 0 Å². The standard InChI is InChI=1S/C9H14N6O2S/c1-5-4-11-12-9(5)14-18(16,17)7-6(2)15(3)13-8(7)10/h4H,1-3H3,(H2,10,13)(H2,11,12,14). The van der Waals surface area contributed by atoms with E-state index >= 15 is 0 Å². The van der Waals surface area contributed by atoms with Gasteiger partial charge in [-0.15, -0.1) is 0 Å². The second-order valence-electron chi connectivity index (χ2n) is 3.96. The largest absolute Gasteiger partial charge is 0.381 e. The number of aromatic nitrogens is 4. The molecule has 0 atom stereocenters. The minimum Gasteiger partial charge on any atom is -0.381 e. The molecule has 0 saturated carbocycles. The van der Waals surface area contributed by atoms with Crippen molar-refractivity contribution in [1.29, 1.82) is 0 Å². The first-order chi connectivity index (χ1) is 8.33. The Bertz CT molecular complexity index is 684. The maximum absolute atomic E-state index is 12.2. The summed E-state index contributed by atoms with van der Waals surface area (Å²) in [4.78, 5) is -0.0148. The van der Waals surface area contributed by atoms with Crippen LogP contribution in [-0.2, 0) is 17.1 Å². The number of hydrogen-bond acceptors (Lipinski definition) is 5. The first-order valence-electron chi connectivity index (χ1n) is 5.15. The minimum absolute atomic E-state index is 0.0148. The number of aromatic amines is 1. The first-order valence-corrected chi connectivity index (χ1v) is 6.63. The van der Waals surface area contributed by atoms with Crippen molar-refractivity contribution in [3.05, 3.63) is 17.5 Å². The van der Waals surface area contributed by atoms with Gasteiger partial charge in [-0.2, -0.15) is 10.2 Å². The monoisotopic (exact) mass is 270 g/mol.